The van der Waals surface area contributed by atoms with Crippen molar-refractivity contribution in [3.63, 3.8) is 0 Å². The second kappa shape index (κ2) is 8.16. The summed E-state index contributed by atoms with van der Waals surface area (Å²) in [6.45, 7) is 3.04. The molecular formula is C21H20BrN7S. The lowest BCUT2D eigenvalue weighted by Crippen LogP contribution is -2.05. The molecule has 5 aromatic rings. The van der Waals surface area contributed by atoms with Gasteiger partial charge in [-0.05, 0) is 56.5 Å². The van der Waals surface area contributed by atoms with Crippen LogP contribution in [0.15, 0.2) is 51.8 Å². The van der Waals surface area contributed by atoms with Crippen LogP contribution in [0.2, 0.25) is 0 Å². The molecule has 1 aromatic carbocycles. The summed E-state index contributed by atoms with van der Waals surface area (Å²) >= 11 is 5.26. The molecule has 4 aromatic heterocycles. The summed E-state index contributed by atoms with van der Waals surface area (Å²) in [4.78, 5) is 4.86. The molecule has 0 saturated heterocycles. The number of benzene rings is 1. The Bertz CT molecular complexity index is 1260. The monoisotopic (exact) mass is 481 g/mol. The molecule has 0 aliphatic carbocycles. The number of nitrogens with one attached hydrogen (secondary N) is 1. The first-order valence-electron chi connectivity index (χ1n) is 9.85. The van der Waals surface area contributed by atoms with Gasteiger partial charge in [-0.1, -0.05) is 25.5 Å². The molecule has 0 spiro atoms. The summed E-state index contributed by atoms with van der Waals surface area (Å²) < 4.78 is 5.39. The van der Waals surface area contributed by atoms with Crippen LogP contribution in [-0.2, 0) is 13.0 Å². The Morgan fingerprint density at radius 3 is 2.80 bits per heavy atom. The minimum absolute atomic E-state index is 0.628. The van der Waals surface area contributed by atoms with Crippen LogP contribution in [-0.4, -0.2) is 34.7 Å². The maximum Gasteiger partial charge on any atom is 0.196 e. The van der Waals surface area contributed by atoms with E-state index in [0.29, 0.717) is 5.82 Å². The zero-order valence-corrected chi connectivity index (χ0v) is 18.8. The van der Waals surface area contributed by atoms with Gasteiger partial charge in [0, 0.05) is 40.1 Å². The fourth-order valence-electron chi connectivity index (χ4n) is 3.65. The van der Waals surface area contributed by atoms with Gasteiger partial charge >= 0.3 is 0 Å². The molecule has 4 heterocycles. The van der Waals surface area contributed by atoms with E-state index in [1.54, 1.807) is 11.3 Å². The number of thiophene rings is 1. The maximum absolute atomic E-state index is 4.86. The number of aryl methyl sites for hydroxylation is 1. The number of tetrazole rings is 1. The fraction of sp³-hybridized carbons (Fsp3) is 0.238. The highest BCUT2D eigenvalue weighted by Gasteiger charge is 2.14. The second-order valence-electron chi connectivity index (χ2n) is 7.19. The molecule has 9 heteroatoms. The van der Waals surface area contributed by atoms with Gasteiger partial charge in [0.1, 0.15) is 5.82 Å². The molecular weight excluding hydrogens is 462 g/mol. The summed E-state index contributed by atoms with van der Waals surface area (Å²) in [6.07, 6.45) is 5.36. The van der Waals surface area contributed by atoms with Crippen LogP contribution in [0.5, 0.6) is 0 Å². The lowest BCUT2D eigenvalue weighted by atomic mass is 10.2. The number of rotatable bonds is 7. The zero-order valence-electron chi connectivity index (χ0n) is 16.4. The van der Waals surface area contributed by atoms with Crippen molar-refractivity contribution < 1.29 is 0 Å². The van der Waals surface area contributed by atoms with E-state index in [1.807, 2.05) is 12.3 Å². The topological polar surface area (TPSA) is 77.2 Å². The highest BCUT2D eigenvalue weighted by atomic mass is 79.9. The van der Waals surface area contributed by atoms with Crippen molar-refractivity contribution in [3.8, 4) is 17.2 Å². The van der Waals surface area contributed by atoms with Gasteiger partial charge in [0.05, 0.1) is 16.7 Å². The van der Waals surface area contributed by atoms with Crippen molar-refractivity contribution in [3.05, 3.63) is 63.1 Å². The van der Waals surface area contributed by atoms with Crippen LogP contribution in [0.4, 0.5) is 0 Å². The lowest BCUT2D eigenvalue weighted by Gasteiger charge is -2.11. The molecule has 5 rings (SSSR count). The van der Waals surface area contributed by atoms with Gasteiger partial charge in [-0.3, -0.25) is 0 Å². The van der Waals surface area contributed by atoms with Crippen LogP contribution < -0.4 is 0 Å². The zero-order chi connectivity index (χ0) is 20.5. The van der Waals surface area contributed by atoms with Crippen molar-refractivity contribution in [1.82, 2.24) is 34.7 Å². The molecule has 0 amide bonds. The van der Waals surface area contributed by atoms with Crippen LogP contribution >= 0.6 is 27.3 Å². The van der Waals surface area contributed by atoms with Crippen LogP contribution in [0.25, 0.3) is 28.2 Å². The molecule has 0 unspecified atom stereocenters. The highest BCUT2D eigenvalue weighted by Crippen LogP contribution is 2.27. The second-order valence-corrected chi connectivity index (χ2v) is 8.85. The standard InChI is InChI=1S/C21H20BrN7S/c1-2-3-4-20-23-17-12-30-13-19(17)29(20)10-14-5-7-16(8-6-14)28-11-15(22)9-18(28)21-24-26-27-25-21/h5-9,11-13H,2-4,10H2,1H3,(H,24,25,26,27). The third-order valence-corrected chi connectivity index (χ3v) is 6.31. The molecule has 0 aliphatic heterocycles. The molecule has 30 heavy (non-hydrogen) atoms. The molecule has 0 bridgehead atoms. The van der Waals surface area contributed by atoms with Crippen molar-refractivity contribution in [2.75, 3.05) is 0 Å². The third-order valence-electron chi connectivity index (χ3n) is 5.16. The van der Waals surface area contributed by atoms with Gasteiger partial charge in [0.2, 0.25) is 0 Å². The van der Waals surface area contributed by atoms with E-state index >= 15 is 0 Å². The number of hydrogen-bond donors (Lipinski definition) is 1. The van der Waals surface area contributed by atoms with Gasteiger partial charge in [-0.25, -0.2) is 10.1 Å². The first-order chi connectivity index (χ1) is 14.7. The minimum Gasteiger partial charge on any atom is -0.323 e. The number of hydrogen-bond acceptors (Lipinski definition) is 5. The maximum atomic E-state index is 4.86. The Morgan fingerprint density at radius 2 is 2.03 bits per heavy atom. The van der Waals surface area contributed by atoms with E-state index in [2.05, 4.69) is 87.6 Å². The molecule has 1 N–H and O–H groups in total. The number of halogens is 1. The normalized spacial score (nSPS) is 11.5. The summed E-state index contributed by atoms with van der Waals surface area (Å²) in [5.74, 6) is 1.80. The fourth-order valence-corrected chi connectivity index (χ4v) is 4.82. The molecule has 152 valence electrons. The summed E-state index contributed by atoms with van der Waals surface area (Å²) in [5, 5.41) is 18.6. The Hall–Kier alpha value is -2.78. The average molecular weight is 482 g/mol. The Morgan fingerprint density at radius 1 is 1.17 bits per heavy atom. The number of aromatic nitrogens is 7. The molecule has 0 fully saturated rings. The van der Waals surface area contributed by atoms with Gasteiger partial charge in [-0.15, -0.1) is 16.4 Å². The van der Waals surface area contributed by atoms with Crippen LogP contribution in [0.1, 0.15) is 31.2 Å². The van der Waals surface area contributed by atoms with Crippen LogP contribution in [0.3, 0.4) is 0 Å². The Labute approximate surface area is 185 Å². The van der Waals surface area contributed by atoms with Crippen molar-refractivity contribution in [2.24, 2.45) is 0 Å². The van der Waals surface area contributed by atoms with Crippen LogP contribution in [0, 0.1) is 0 Å². The number of imidazole rings is 1. The summed E-state index contributed by atoms with van der Waals surface area (Å²) in [6, 6.07) is 10.6. The van der Waals surface area contributed by atoms with Gasteiger partial charge in [-0.2, -0.15) is 0 Å². The number of fused-ring (bicyclic) bond motifs is 1. The van der Waals surface area contributed by atoms with Gasteiger partial charge in [0.25, 0.3) is 0 Å². The van der Waals surface area contributed by atoms with E-state index in [-0.39, 0.29) is 0 Å². The Kier molecular flexibility index (Phi) is 5.22. The summed E-state index contributed by atoms with van der Waals surface area (Å²) in [7, 11) is 0. The van der Waals surface area contributed by atoms with Crippen molar-refractivity contribution in [1.29, 1.82) is 0 Å². The smallest absolute Gasteiger partial charge is 0.196 e. The van der Waals surface area contributed by atoms with E-state index < -0.39 is 0 Å². The first kappa shape index (κ1) is 19.2. The largest absolute Gasteiger partial charge is 0.323 e. The predicted octanol–water partition coefficient (Wildman–Crippen LogP) is 5.22. The molecule has 7 nitrogen and oxygen atoms in total. The third kappa shape index (κ3) is 3.59. The lowest BCUT2D eigenvalue weighted by molar-refractivity contribution is 0.690. The highest BCUT2D eigenvalue weighted by molar-refractivity contribution is 9.10. The molecule has 0 atom stereocenters. The number of aromatic amines is 1. The molecule has 0 radical (unpaired) electrons. The number of H-pyrrole nitrogens is 1. The van der Waals surface area contributed by atoms with E-state index in [1.165, 1.54) is 23.3 Å². The number of unbranched alkanes of at least 4 members (excludes halogenated alkanes) is 1. The van der Waals surface area contributed by atoms with Gasteiger partial charge in [0.15, 0.2) is 5.82 Å². The first-order valence-corrected chi connectivity index (χ1v) is 11.6. The number of nitrogens with zero attached hydrogens (tertiary/aromatic N) is 6. The molecule has 0 aliphatic rings. The van der Waals surface area contributed by atoms with Crippen molar-refractivity contribution in [2.45, 2.75) is 32.7 Å². The Balaban J connectivity index is 1.45. The van der Waals surface area contributed by atoms with Gasteiger partial charge < -0.3 is 9.13 Å². The average Bonchev–Trinajstić information content (AvgIpc) is 3.53. The van der Waals surface area contributed by atoms with Crippen molar-refractivity contribution >= 4 is 38.3 Å². The minimum atomic E-state index is 0.628. The quantitative estimate of drug-likeness (QED) is 0.345. The molecule has 0 saturated carbocycles. The van der Waals surface area contributed by atoms with E-state index in [4.69, 9.17) is 4.98 Å². The predicted molar refractivity (Wildman–Crippen MR) is 122 cm³/mol. The summed E-state index contributed by atoms with van der Waals surface area (Å²) in [5.41, 5.74) is 5.52. The SMILES string of the molecule is CCCCc1nc2cscc2n1Cc1ccc(-n2cc(Br)cc2-c2nnn[nH]2)cc1. The van der Waals surface area contributed by atoms with E-state index in [0.717, 1.165) is 40.8 Å². The van der Waals surface area contributed by atoms with E-state index in [9.17, 15) is 0 Å².